The van der Waals surface area contributed by atoms with Crippen molar-refractivity contribution >= 4 is 5.97 Å². The van der Waals surface area contributed by atoms with Crippen LogP contribution in [-0.4, -0.2) is 35.9 Å². The highest BCUT2D eigenvalue weighted by Gasteiger charge is 2.24. The predicted octanol–water partition coefficient (Wildman–Crippen LogP) is 2.99. The lowest BCUT2D eigenvalue weighted by molar-refractivity contribution is -0.140. The molecule has 1 aromatic rings. The molecule has 0 saturated carbocycles. The number of rotatable bonds is 9. The van der Waals surface area contributed by atoms with E-state index in [-0.39, 0.29) is 18.1 Å². The third-order valence-corrected chi connectivity index (χ3v) is 3.80. The summed E-state index contributed by atoms with van der Waals surface area (Å²) in [5.41, 5.74) is 0.998. The zero-order chi connectivity index (χ0) is 17.5. The maximum Gasteiger partial charge on any atom is 0.320 e. The lowest BCUT2D eigenvalue weighted by Gasteiger charge is -2.26. The summed E-state index contributed by atoms with van der Waals surface area (Å²) in [7, 11) is 1.59. The number of methoxy groups -OCH3 is 1. The minimum absolute atomic E-state index is 0.0134. The molecule has 0 radical (unpaired) electrons. The molecule has 0 fully saturated rings. The zero-order valence-electron chi connectivity index (χ0n) is 14.5. The summed E-state index contributed by atoms with van der Waals surface area (Å²) >= 11 is 0. The first-order valence-electron chi connectivity index (χ1n) is 8.00. The number of nitrogens with one attached hydrogen (secondary N) is 1. The van der Waals surface area contributed by atoms with E-state index < -0.39 is 12.0 Å². The van der Waals surface area contributed by atoms with Gasteiger partial charge in [0.15, 0.2) is 0 Å². The van der Waals surface area contributed by atoms with E-state index in [2.05, 4.69) is 26.1 Å². The van der Waals surface area contributed by atoms with Gasteiger partial charge in [-0.2, -0.15) is 0 Å². The van der Waals surface area contributed by atoms with Gasteiger partial charge >= 0.3 is 5.97 Å². The summed E-state index contributed by atoms with van der Waals surface area (Å²) < 4.78 is 5.22. The molecule has 5 nitrogen and oxygen atoms in total. The van der Waals surface area contributed by atoms with E-state index in [1.807, 2.05) is 24.3 Å². The molecule has 0 aliphatic heterocycles. The van der Waals surface area contributed by atoms with E-state index in [0.29, 0.717) is 18.6 Å². The number of benzene rings is 1. The van der Waals surface area contributed by atoms with Gasteiger partial charge in [-0.15, -0.1) is 0 Å². The average Bonchev–Trinajstić information content (AvgIpc) is 2.49. The standard InChI is InChI=1S/C18H29NO4/c1-18(2,3)10-8-16(17(21)22)19-15(9-11-20)13-6-5-7-14(12-13)23-4/h5-7,12,15-16,19-20H,8-11H2,1-4H3,(H,21,22)/t15-,16+/m1/s1. The Morgan fingerprint density at radius 1 is 1.30 bits per heavy atom. The van der Waals surface area contributed by atoms with Crippen molar-refractivity contribution < 1.29 is 19.7 Å². The molecule has 3 N–H and O–H groups in total. The lowest BCUT2D eigenvalue weighted by atomic mass is 9.88. The monoisotopic (exact) mass is 323 g/mol. The topological polar surface area (TPSA) is 78.8 Å². The van der Waals surface area contributed by atoms with Crippen molar-refractivity contribution in [3.05, 3.63) is 29.8 Å². The Kier molecular flexibility index (Phi) is 7.52. The van der Waals surface area contributed by atoms with Crippen LogP contribution in [0.1, 0.15) is 51.6 Å². The molecule has 1 rings (SSSR count). The van der Waals surface area contributed by atoms with Crippen molar-refractivity contribution in [2.75, 3.05) is 13.7 Å². The van der Waals surface area contributed by atoms with Crippen molar-refractivity contribution in [2.45, 2.75) is 52.1 Å². The second kappa shape index (κ2) is 8.89. The van der Waals surface area contributed by atoms with Crippen LogP contribution in [0.15, 0.2) is 24.3 Å². The van der Waals surface area contributed by atoms with Crippen molar-refractivity contribution in [3.8, 4) is 5.75 Å². The maximum absolute atomic E-state index is 11.6. The van der Waals surface area contributed by atoms with Gasteiger partial charge in [-0.1, -0.05) is 32.9 Å². The van der Waals surface area contributed by atoms with Crippen molar-refractivity contribution in [3.63, 3.8) is 0 Å². The minimum Gasteiger partial charge on any atom is -0.497 e. The van der Waals surface area contributed by atoms with Gasteiger partial charge in [0.25, 0.3) is 0 Å². The summed E-state index contributed by atoms with van der Waals surface area (Å²) in [6.07, 6.45) is 1.80. The van der Waals surface area contributed by atoms with E-state index in [9.17, 15) is 15.0 Å². The molecule has 0 aliphatic rings. The van der Waals surface area contributed by atoms with Crippen molar-refractivity contribution in [1.82, 2.24) is 5.32 Å². The van der Waals surface area contributed by atoms with Gasteiger partial charge in [-0.25, -0.2) is 0 Å². The molecule has 23 heavy (non-hydrogen) atoms. The zero-order valence-corrected chi connectivity index (χ0v) is 14.5. The molecule has 0 saturated heterocycles. The first-order chi connectivity index (χ1) is 10.8. The first-order valence-corrected chi connectivity index (χ1v) is 8.00. The second-order valence-corrected chi connectivity index (χ2v) is 7.00. The molecule has 0 aromatic heterocycles. The van der Waals surface area contributed by atoms with E-state index in [4.69, 9.17) is 4.74 Å². The molecule has 1 aromatic carbocycles. The average molecular weight is 323 g/mol. The Bertz CT molecular complexity index is 496. The fourth-order valence-electron chi connectivity index (χ4n) is 2.43. The van der Waals surface area contributed by atoms with Gasteiger partial charge < -0.3 is 14.9 Å². The van der Waals surface area contributed by atoms with Crippen LogP contribution in [0.4, 0.5) is 0 Å². The van der Waals surface area contributed by atoms with Gasteiger partial charge in [0.2, 0.25) is 0 Å². The number of carbonyl (C=O) groups is 1. The quantitative estimate of drug-likeness (QED) is 0.651. The fraction of sp³-hybridized carbons (Fsp3) is 0.611. The third kappa shape index (κ3) is 7.01. The number of aliphatic hydroxyl groups excluding tert-OH is 1. The van der Waals surface area contributed by atoms with Crippen LogP contribution >= 0.6 is 0 Å². The summed E-state index contributed by atoms with van der Waals surface area (Å²) in [5.74, 6) is -0.145. The van der Waals surface area contributed by atoms with Gasteiger partial charge in [-0.05, 0) is 42.4 Å². The lowest BCUT2D eigenvalue weighted by Crippen LogP contribution is -2.40. The molecule has 0 bridgehead atoms. The summed E-state index contributed by atoms with van der Waals surface area (Å²) in [6.45, 7) is 6.28. The van der Waals surface area contributed by atoms with Crippen LogP contribution in [0.25, 0.3) is 0 Å². The van der Waals surface area contributed by atoms with Crippen LogP contribution in [-0.2, 0) is 4.79 Å². The molecular weight excluding hydrogens is 294 g/mol. The number of aliphatic hydroxyl groups is 1. The summed E-state index contributed by atoms with van der Waals surface area (Å²) in [6, 6.07) is 6.63. The molecule has 2 atom stereocenters. The number of hydrogen-bond donors (Lipinski definition) is 3. The Balaban J connectivity index is 2.87. The molecule has 0 spiro atoms. The number of carboxylic acids is 1. The SMILES string of the molecule is COc1cccc([C@@H](CCO)N[C@@H](CCC(C)(C)C)C(=O)O)c1. The normalized spacial score (nSPS) is 14.3. The minimum atomic E-state index is -0.861. The molecular formula is C18H29NO4. The highest BCUT2D eigenvalue weighted by atomic mass is 16.5. The van der Waals surface area contributed by atoms with Crippen LogP contribution in [0.3, 0.4) is 0 Å². The van der Waals surface area contributed by atoms with E-state index in [1.54, 1.807) is 7.11 Å². The van der Waals surface area contributed by atoms with Crippen molar-refractivity contribution in [1.29, 1.82) is 0 Å². The highest BCUT2D eigenvalue weighted by molar-refractivity contribution is 5.73. The molecule has 0 heterocycles. The van der Waals surface area contributed by atoms with Gasteiger partial charge in [0.05, 0.1) is 7.11 Å². The Morgan fingerprint density at radius 2 is 2.00 bits per heavy atom. The molecule has 0 unspecified atom stereocenters. The van der Waals surface area contributed by atoms with Crippen LogP contribution in [0, 0.1) is 5.41 Å². The van der Waals surface area contributed by atoms with E-state index in [1.165, 1.54) is 0 Å². The number of aliphatic carboxylic acids is 1. The Hall–Kier alpha value is -1.59. The first kappa shape index (κ1) is 19.5. The number of ether oxygens (including phenoxy) is 1. The fourth-order valence-corrected chi connectivity index (χ4v) is 2.43. The largest absolute Gasteiger partial charge is 0.497 e. The van der Waals surface area contributed by atoms with Crippen LogP contribution < -0.4 is 10.1 Å². The maximum atomic E-state index is 11.6. The summed E-state index contributed by atoms with van der Waals surface area (Å²) in [4.78, 5) is 11.6. The summed E-state index contributed by atoms with van der Waals surface area (Å²) in [5, 5.41) is 22.0. The second-order valence-electron chi connectivity index (χ2n) is 7.00. The van der Waals surface area contributed by atoms with E-state index >= 15 is 0 Å². The number of hydrogen-bond acceptors (Lipinski definition) is 4. The highest BCUT2D eigenvalue weighted by Crippen LogP contribution is 2.25. The van der Waals surface area contributed by atoms with Crippen LogP contribution in [0.2, 0.25) is 0 Å². The molecule has 0 amide bonds. The van der Waals surface area contributed by atoms with E-state index in [0.717, 1.165) is 12.0 Å². The number of carboxylic acid groups (broad SMARTS) is 1. The predicted molar refractivity (Wildman–Crippen MR) is 90.7 cm³/mol. The Labute approximate surface area is 138 Å². The van der Waals surface area contributed by atoms with Gasteiger partial charge in [0, 0.05) is 12.6 Å². The van der Waals surface area contributed by atoms with Crippen LogP contribution in [0.5, 0.6) is 5.75 Å². The Morgan fingerprint density at radius 3 is 2.52 bits per heavy atom. The smallest absolute Gasteiger partial charge is 0.320 e. The molecule has 0 aliphatic carbocycles. The van der Waals surface area contributed by atoms with Crippen molar-refractivity contribution in [2.24, 2.45) is 5.41 Å². The molecule has 5 heteroatoms. The van der Waals surface area contributed by atoms with Gasteiger partial charge in [0.1, 0.15) is 11.8 Å². The molecule has 130 valence electrons. The van der Waals surface area contributed by atoms with Gasteiger partial charge in [-0.3, -0.25) is 10.1 Å². The third-order valence-electron chi connectivity index (χ3n) is 3.80.